The second kappa shape index (κ2) is 8.18. The summed E-state index contributed by atoms with van der Waals surface area (Å²) in [7, 11) is 1.57. The van der Waals surface area contributed by atoms with Crippen LogP contribution in [0.5, 0.6) is 11.6 Å². The van der Waals surface area contributed by atoms with E-state index >= 15 is 0 Å². The molecule has 0 radical (unpaired) electrons. The number of benzene rings is 1. The predicted octanol–water partition coefficient (Wildman–Crippen LogP) is 2.58. The average molecular weight is 419 g/mol. The largest absolute Gasteiger partial charge is 0.481 e. The van der Waals surface area contributed by atoms with E-state index in [0.717, 1.165) is 16.7 Å². The summed E-state index contributed by atoms with van der Waals surface area (Å²) >= 11 is 6.55. The number of amides is 1. The van der Waals surface area contributed by atoms with Gasteiger partial charge in [-0.3, -0.25) is 9.69 Å². The molecule has 8 heteroatoms. The quantitative estimate of drug-likeness (QED) is 0.822. The number of halogens is 1. The maximum atomic E-state index is 13.2. The molecular weight excluding hydrogens is 396 g/mol. The molecule has 0 unspecified atom stereocenters. The Bertz CT molecular complexity index is 918. The van der Waals surface area contributed by atoms with Gasteiger partial charge in [0, 0.05) is 18.9 Å². The zero-order valence-corrected chi connectivity index (χ0v) is 17.1. The molecule has 1 saturated heterocycles. The van der Waals surface area contributed by atoms with Crippen LogP contribution in [0.2, 0.25) is 5.02 Å². The van der Waals surface area contributed by atoms with Crippen molar-refractivity contribution in [3.63, 3.8) is 0 Å². The number of hydrogen-bond acceptors (Lipinski definition) is 6. The van der Waals surface area contributed by atoms with E-state index in [2.05, 4.69) is 4.98 Å². The lowest BCUT2D eigenvalue weighted by atomic mass is 9.96. The van der Waals surface area contributed by atoms with E-state index < -0.39 is 12.1 Å². The van der Waals surface area contributed by atoms with Crippen LogP contribution in [0.15, 0.2) is 24.4 Å². The van der Waals surface area contributed by atoms with E-state index in [9.17, 15) is 9.90 Å². The van der Waals surface area contributed by atoms with Gasteiger partial charge in [0.2, 0.25) is 5.88 Å². The SMILES string of the molecule is COc1ccc(Cc2cc3c(c(Cl)c2C)OCN([C@H]2COCC[C@@H]2O)C3=O)cn1. The highest BCUT2D eigenvalue weighted by Crippen LogP contribution is 2.39. The molecule has 2 aromatic rings. The molecule has 3 heterocycles. The van der Waals surface area contributed by atoms with Gasteiger partial charge < -0.3 is 19.3 Å². The van der Waals surface area contributed by atoms with E-state index in [4.69, 9.17) is 25.8 Å². The number of fused-ring (bicyclic) bond motifs is 1. The topological polar surface area (TPSA) is 81.1 Å². The Labute approximate surface area is 174 Å². The lowest BCUT2D eigenvalue weighted by Gasteiger charge is -2.39. The molecule has 0 saturated carbocycles. The number of carbonyl (C=O) groups excluding carboxylic acids is 1. The first-order chi connectivity index (χ1) is 14.0. The second-order valence-electron chi connectivity index (χ2n) is 7.28. The Balaban J connectivity index is 1.65. The zero-order valence-electron chi connectivity index (χ0n) is 16.4. The van der Waals surface area contributed by atoms with E-state index in [1.54, 1.807) is 19.4 Å². The number of carbonyl (C=O) groups is 1. The summed E-state index contributed by atoms with van der Waals surface area (Å²) in [6.07, 6.45) is 2.17. The molecule has 2 aliphatic rings. The second-order valence-corrected chi connectivity index (χ2v) is 7.66. The van der Waals surface area contributed by atoms with Crippen molar-refractivity contribution < 1.29 is 24.1 Å². The highest BCUT2D eigenvalue weighted by molar-refractivity contribution is 6.33. The fourth-order valence-corrected chi connectivity index (χ4v) is 4.00. The molecule has 0 spiro atoms. The van der Waals surface area contributed by atoms with Crippen LogP contribution in [0.4, 0.5) is 0 Å². The molecule has 29 heavy (non-hydrogen) atoms. The number of hydrogen-bond donors (Lipinski definition) is 1. The minimum atomic E-state index is -0.636. The standard InChI is InChI=1S/C21H23ClN2O5/c1-12-14(7-13-3-4-18(27-2)23-9-13)8-15-20(19(12)22)29-11-24(21(15)26)16-10-28-6-5-17(16)25/h3-4,8-9,16-17,25H,5-7,10-11H2,1-2H3/t16-,17-/m0/s1. The van der Waals surface area contributed by atoms with Gasteiger partial charge in [-0.15, -0.1) is 0 Å². The van der Waals surface area contributed by atoms with Gasteiger partial charge in [-0.25, -0.2) is 4.98 Å². The van der Waals surface area contributed by atoms with E-state index in [1.807, 2.05) is 19.1 Å². The van der Waals surface area contributed by atoms with Crippen LogP contribution < -0.4 is 9.47 Å². The Morgan fingerprint density at radius 2 is 2.24 bits per heavy atom. The summed E-state index contributed by atoms with van der Waals surface area (Å²) in [5, 5.41) is 10.7. The number of ether oxygens (including phenoxy) is 3. The number of methoxy groups -OCH3 is 1. The number of aliphatic hydroxyl groups excluding tert-OH is 1. The third-order valence-electron chi connectivity index (χ3n) is 5.51. The van der Waals surface area contributed by atoms with Gasteiger partial charge in [-0.05, 0) is 42.5 Å². The van der Waals surface area contributed by atoms with Gasteiger partial charge >= 0.3 is 0 Å². The van der Waals surface area contributed by atoms with Gasteiger partial charge in [0.25, 0.3) is 5.91 Å². The normalized spacial score (nSPS) is 21.5. The lowest BCUT2D eigenvalue weighted by molar-refractivity contribution is -0.0696. The lowest BCUT2D eigenvalue weighted by Crippen LogP contribution is -2.54. The van der Waals surface area contributed by atoms with Gasteiger partial charge in [0.1, 0.15) is 0 Å². The first kappa shape index (κ1) is 19.9. The van der Waals surface area contributed by atoms with Crippen molar-refractivity contribution in [3.8, 4) is 11.6 Å². The van der Waals surface area contributed by atoms with Crippen molar-refractivity contribution in [2.75, 3.05) is 27.1 Å². The number of rotatable bonds is 4. The molecule has 1 N–H and O–H groups in total. The fraction of sp³-hybridized carbons (Fsp3) is 0.429. The molecule has 1 amide bonds. The van der Waals surface area contributed by atoms with Crippen LogP contribution in [0, 0.1) is 6.92 Å². The summed E-state index contributed by atoms with van der Waals surface area (Å²) in [4.78, 5) is 19.0. The van der Waals surface area contributed by atoms with Crippen molar-refractivity contribution in [1.82, 2.24) is 9.88 Å². The van der Waals surface area contributed by atoms with Gasteiger partial charge in [-0.2, -0.15) is 0 Å². The Kier molecular flexibility index (Phi) is 5.63. The third kappa shape index (κ3) is 3.77. The maximum Gasteiger partial charge on any atom is 0.260 e. The number of aliphatic hydroxyl groups is 1. The molecule has 0 bridgehead atoms. The molecule has 4 rings (SSSR count). The smallest absolute Gasteiger partial charge is 0.260 e. The third-order valence-corrected chi connectivity index (χ3v) is 5.96. The summed E-state index contributed by atoms with van der Waals surface area (Å²) in [6.45, 7) is 2.73. The minimum absolute atomic E-state index is 0.0395. The van der Waals surface area contributed by atoms with Crippen LogP contribution in [-0.4, -0.2) is 60.1 Å². The van der Waals surface area contributed by atoms with Crippen molar-refractivity contribution >= 4 is 17.5 Å². The number of aromatic nitrogens is 1. The Morgan fingerprint density at radius 1 is 1.41 bits per heavy atom. The molecular formula is C21H23ClN2O5. The van der Waals surface area contributed by atoms with Crippen molar-refractivity contribution in [2.45, 2.75) is 31.9 Å². The first-order valence-corrected chi connectivity index (χ1v) is 9.88. The summed E-state index contributed by atoms with van der Waals surface area (Å²) in [5.41, 5.74) is 3.16. The van der Waals surface area contributed by atoms with Crippen LogP contribution >= 0.6 is 11.6 Å². The van der Waals surface area contributed by atoms with Crippen LogP contribution in [-0.2, 0) is 11.2 Å². The molecule has 1 aromatic heterocycles. The summed E-state index contributed by atoms with van der Waals surface area (Å²) in [5.74, 6) is 0.728. The molecule has 2 aliphatic heterocycles. The van der Waals surface area contributed by atoms with Gasteiger partial charge in [0.15, 0.2) is 12.5 Å². The molecule has 7 nitrogen and oxygen atoms in total. The summed E-state index contributed by atoms with van der Waals surface area (Å²) in [6, 6.07) is 5.12. The van der Waals surface area contributed by atoms with Crippen LogP contribution in [0.25, 0.3) is 0 Å². The zero-order chi connectivity index (χ0) is 20.5. The molecule has 154 valence electrons. The Morgan fingerprint density at radius 3 is 2.93 bits per heavy atom. The maximum absolute atomic E-state index is 13.2. The van der Waals surface area contributed by atoms with E-state index in [-0.39, 0.29) is 19.2 Å². The van der Waals surface area contributed by atoms with Crippen molar-refractivity contribution in [1.29, 1.82) is 0 Å². The first-order valence-electron chi connectivity index (χ1n) is 9.50. The van der Waals surface area contributed by atoms with Crippen LogP contribution in [0.1, 0.15) is 33.5 Å². The Hall–Kier alpha value is -2.35. The highest BCUT2D eigenvalue weighted by atomic mass is 35.5. The van der Waals surface area contributed by atoms with Gasteiger partial charge in [0.05, 0.1) is 36.4 Å². The molecule has 1 aromatic carbocycles. The molecule has 0 aliphatic carbocycles. The number of pyridine rings is 1. The predicted molar refractivity (Wildman–Crippen MR) is 107 cm³/mol. The van der Waals surface area contributed by atoms with E-state index in [1.165, 1.54) is 4.90 Å². The number of nitrogens with zero attached hydrogens (tertiary/aromatic N) is 2. The van der Waals surface area contributed by atoms with E-state index in [0.29, 0.717) is 41.7 Å². The monoisotopic (exact) mass is 418 g/mol. The fourth-order valence-electron chi connectivity index (χ4n) is 3.72. The van der Waals surface area contributed by atoms with Crippen molar-refractivity contribution in [3.05, 3.63) is 51.7 Å². The average Bonchev–Trinajstić information content (AvgIpc) is 2.74. The van der Waals surface area contributed by atoms with Crippen LogP contribution in [0.3, 0.4) is 0 Å². The highest BCUT2D eigenvalue weighted by Gasteiger charge is 2.38. The molecule has 2 atom stereocenters. The minimum Gasteiger partial charge on any atom is -0.481 e. The molecule has 1 fully saturated rings. The summed E-state index contributed by atoms with van der Waals surface area (Å²) < 4.78 is 16.4. The van der Waals surface area contributed by atoms with Gasteiger partial charge in [-0.1, -0.05) is 17.7 Å². The van der Waals surface area contributed by atoms with Crippen molar-refractivity contribution in [2.24, 2.45) is 0 Å².